The van der Waals surface area contributed by atoms with Crippen molar-refractivity contribution in [3.8, 4) is 0 Å². The molecule has 2 N–H and O–H groups in total. The van der Waals surface area contributed by atoms with Crippen molar-refractivity contribution in [3.63, 3.8) is 0 Å². The Balaban J connectivity index is 1.65. The molecule has 2 aromatic carbocycles. The van der Waals surface area contributed by atoms with Gasteiger partial charge in [0.2, 0.25) is 10.0 Å². The van der Waals surface area contributed by atoms with E-state index in [1.807, 2.05) is 0 Å². The zero-order valence-corrected chi connectivity index (χ0v) is 16.3. The molecule has 0 aliphatic carbocycles. The Morgan fingerprint density at radius 1 is 1.17 bits per heavy atom. The maximum Gasteiger partial charge on any atom is 0.269 e. The number of non-ortho nitro benzene ring substituents is 1. The Bertz CT molecular complexity index is 1000. The first-order valence-electron chi connectivity index (χ1n) is 9.10. The summed E-state index contributed by atoms with van der Waals surface area (Å²) in [4.78, 5) is 22.6. The summed E-state index contributed by atoms with van der Waals surface area (Å²) < 4.78 is 26.7. The van der Waals surface area contributed by atoms with E-state index in [4.69, 9.17) is 0 Å². The number of aliphatic hydroxyl groups excluding tert-OH is 1. The summed E-state index contributed by atoms with van der Waals surface area (Å²) in [7, 11) is -3.63. The van der Waals surface area contributed by atoms with Crippen molar-refractivity contribution < 1.29 is 23.2 Å². The van der Waals surface area contributed by atoms with Crippen LogP contribution in [-0.2, 0) is 10.0 Å². The van der Waals surface area contributed by atoms with Gasteiger partial charge >= 0.3 is 0 Å². The number of nitrogens with zero attached hydrogens (tertiary/aromatic N) is 2. The maximum atomic E-state index is 12.6. The van der Waals surface area contributed by atoms with Gasteiger partial charge in [0.05, 0.1) is 15.9 Å². The smallest absolute Gasteiger partial charge is 0.269 e. The van der Waals surface area contributed by atoms with E-state index in [2.05, 4.69) is 5.32 Å². The quantitative estimate of drug-likeness (QED) is 0.520. The molecular weight excluding hydrogens is 398 g/mol. The number of aliphatic hydroxyl groups is 1. The molecule has 0 spiro atoms. The largest absolute Gasteiger partial charge is 0.387 e. The summed E-state index contributed by atoms with van der Waals surface area (Å²) in [6, 6.07) is 11.1. The number of carbonyl (C=O) groups is 1. The summed E-state index contributed by atoms with van der Waals surface area (Å²) in [6.07, 6.45) is 0.580. The highest BCUT2D eigenvalue weighted by Crippen LogP contribution is 2.22. The molecule has 9 nitrogen and oxygen atoms in total. The minimum absolute atomic E-state index is 0.0583. The lowest BCUT2D eigenvalue weighted by atomic mass is 10.1. The zero-order chi connectivity index (χ0) is 21.0. The number of carbonyl (C=O) groups excluding carboxylic acids is 1. The third-order valence-electron chi connectivity index (χ3n) is 4.74. The van der Waals surface area contributed by atoms with Crippen molar-refractivity contribution in [2.24, 2.45) is 0 Å². The molecule has 3 rings (SSSR count). The molecule has 2 aromatic rings. The molecule has 0 aromatic heterocycles. The number of nitro groups is 1. The number of hydrogen-bond donors (Lipinski definition) is 2. The molecule has 1 amide bonds. The van der Waals surface area contributed by atoms with Gasteiger partial charge in [-0.3, -0.25) is 14.9 Å². The minimum Gasteiger partial charge on any atom is -0.387 e. The van der Waals surface area contributed by atoms with Crippen LogP contribution in [0.15, 0.2) is 53.4 Å². The monoisotopic (exact) mass is 419 g/mol. The average Bonchev–Trinajstić information content (AvgIpc) is 3.27. The number of benzene rings is 2. The predicted molar refractivity (Wildman–Crippen MR) is 105 cm³/mol. The molecule has 1 saturated heterocycles. The van der Waals surface area contributed by atoms with E-state index >= 15 is 0 Å². The second kappa shape index (κ2) is 8.68. The molecular formula is C19H21N3O6S. The Morgan fingerprint density at radius 2 is 1.83 bits per heavy atom. The molecule has 1 aliphatic heterocycles. The van der Waals surface area contributed by atoms with E-state index < -0.39 is 27.0 Å². The SMILES string of the molecule is O=C(NC[C@H](O)c1ccc([N+](=O)[O-])cc1)c1cccc(S(=O)(=O)N2CCCC2)c1. The van der Waals surface area contributed by atoms with Gasteiger partial charge in [-0.05, 0) is 48.7 Å². The number of nitro benzene ring substituents is 1. The van der Waals surface area contributed by atoms with Crippen molar-refractivity contribution in [1.82, 2.24) is 9.62 Å². The van der Waals surface area contributed by atoms with Crippen LogP contribution in [0.25, 0.3) is 0 Å². The first-order chi connectivity index (χ1) is 13.8. The minimum atomic E-state index is -3.63. The predicted octanol–water partition coefficient (Wildman–Crippen LogP) is 1.84. The second-order valence-electron chi connectivity index (χ2n) is 6.71. The molecule has 0 saturated carbocycles. The Kier molecular flexibility index (Phi) is 6.26. The third kappa shape index (κ3) is 4.78. The van der Waals surface area contributed by atoms with Crippen molar-refractivity contribution in [2.75, 3.05) is 19.6 Å². The van der Waals surface area contributed by atoms with Crippen molar-refractivity contribution in [3.05, 3.63) is 69.8 Å². The third-order valence-corrected chi connectivity index (χ3v) is 6.64. The summed E-state index contributed by atoms with van der Waals surface area (Å²) in [5, 5.41) is 23.4. The summed E-state index contributed by atoms with van der Waals surface area (Å²) in [5.41, 5.74) is 0.489. The van der Waals surface area contributed by atoms with E-state index in [9.17, 15) is 28.4 Å². The van der Waals surface area contributed by atoms with Gasteiger partial charge in [0.1, 0.15) is 0 Å². The van der Waals surface area contributed by atoms with Gasteiger partial charge in [-0.25, -0.2) is 8.42 Å². The summed E-state index contributed by atoms with van der Waals surface area (Å²) in [6.45, 7) is 0.820. The number of nitrogens with one attached hydrogen (secondary N) is 1. The number of amides is 1. The molecule has 1 heterocycles. The summed E-state index contributed by atoms with van der Waals surface area (Å²) >= 11 is 0. The lowest BCUT2D eigenvalue weighted by Crippen LogP contribution is -2.30. The molecule has 154 valence electrons. The van der Waals surface area contributed by atoms with E-state index in [-0.39, 0.29) is 22.7 Å². The van der Waals surface area contributed by atoms with Gasteiger partial charge in [0, 0.05) is 37.3 Å². The van der Waals surface area contributed by atoms with Crippen molar-refractivity contribution in [1.29, 1.82) is 0 Å². The molecule has 0 radical (unpaired) electrons. The molecule has 0 bridgehead atoms. The lowest BCUT2D eigenvalue weighted by Gasteiger charge is -2.16. The van der Waals surface area contributed by atoms with Crippen LogP contribution in [0.2, 0.25) is 0 Å². The second-order valence-corrected chi connectivity index (χ2v) is 8.65. The Labute approximate surface area is 168 Å². The van der Waals surface area contributed by atoms with Crippen LogP contribution in [-0.4, -0.2) is 48.3 Å². The van der Waals surface area contributed by atoms with Gasteiger partial charge < -0.3 is 10.4 Å². The van der Waals surface area contributed by atoms with Gasteiger partial charge in [-0.2, -0.15) is 4.31 Å². The lowest BCUT2D eigenvalue weighted by molar-refractivity contribution is -0.384. The highest BCUT2D eigenvalue weighted by atomic mass is 32.2. The molecule has 29 heavy (non-hydrogen) atoms. The first-order valence-corrected chi connectivity index (χ1v) is 10.5. The highest BCUT2D eigenvalue weighted by molar-refractivity contribution is 7.89. The first kappa shape index (κ1) is 20.9. The van der Waals surface area contributed by atoms with Crippen LogP contribution in [0.1, 0.15) is 34.9 Å². The average molecular weight is 419 g/mol. The Morgan fingerprint density at radius 3 is 2.45 bits per heavy atom. The Hall–Kier alpha value is -2.82. The normalized spacial score (nSPS) is 15.8. The van der Waals surface area contributed by atoms with Crippen LogP contribution in [0.3, 0.4) is 0 Å². The van der Waals surface area contributed by atoms with E-state index in [1.165, 1.54) is 52.8 Å². The van der Waals surface area contributed by atoms with Crippen molar-refractivity contribution in [2.45, 2.75) is 23.8 Å². The topological polar surface area (TPSA) is 130 Å². The van der Waals surface area contributed by atoms with E-state index in [1.54, 1.807) is 0 Å². The van der Waals surface area contributed by atoms with Gasteiger partial charge in [-0.15, -0.1) is 0 Å². The number of rotatable bonds is 7. The van der Waals surface area contributed by atoms with Gasteiger partial charge in [0.15, 0.2) is 0 Å². The molecule has 1 aliphatic rings. The standard InChI is InChI=1S/C19H21N3O6S/c23-18(14-6-8-16(9-7-14)22(25)26)13-20-19(24)15-4-3-5-17(12-15)29(27,28)21-10-1-2-11-21/h3-9,12,18,23H,1-2,10-11,13H2,(H,20,24)/t18-/m0/s1. The van der Waals surface area contributed by atoms with E-state index in [0.29, 0.717) is 18.7 Å². The molecule has 0 unspecified atom stereocenters. The fourth-order valence-electron chi connectivity index (χ4n) is 3.10. The van der Waals surface area contributed by atoms with Crippen LogP contribution >= 0.6 is 0 Å². The van der Waals surface area contributed by atoms with Crippen molar-refractivity contribution >= 4 is 21.6 Å². The molecule has 10 heteroatoms. The van der Waals surface area contributed by atoms with Crippen LogP contribution in [0, 0.1) is 10.1 Å². The molecule has 1 atom stereocenters. The zero-order valence-electron chi connectivity index (χ0n) is 15.5. The highest BCUT2D eigenvalue weighted by Gasteiger charge is 2.27. The van der Waals surface area contributed by atoms with Crippen LogP contribution in [0.5, 0.6) is 0 Å². The van der Waals surface area contributed by atoms with Crippen LogP contribution in [0.4, 0.5) is 5.69 Å². The molecule has 1 fully saturated rings. The van der Waals surface area contributed by atoms with Crippen LogP contribution < -0.4 is 5.32 Å². The fraction of sp³-hybridized carbons (Fsp3) is 0.316. The summed E-state index contributed by atoms with van der Waals surface area (Å²) in [5.74, 6) is -0.524. The van der Waals surface area contributed by atoms with E-state index in [0.717, 1.165) is 12.8 Å². The number of hydrogen-bond acceptors (Lipinski definition) is 6. The maximum absolute atomic E-state index is 12.6. The number of sulfonamides is 1. The fourth-order valence-corrected chi connectivity index (χ4v) is 4.67. The van der Waals surface area contributed by atoms with Gasteiger partial charge in [-0.1, -0.05) is 6.07 Å². The van der Waals surface area contributed by atoms with Gasteiger partial charge in [0.25, 0.3) is 11.6 Å².